The standard InChI is InChI=1S/C18H20ClNO2S/c1-11-7-9-23-16(11)18(17(21)22)10-20-8-6-14(18)13-4-3-5-15(19)12(13)2/h3-5,7,9,14,20H,6,8,10H2,1-2H3,(H,21,22)/t14?,18-/m1/s1. The van der Waals surface area contributed by atoms with Gasteiger partial charge in [-0.25, -0.2) is 0 Å². The van der Waals surface area contributed by atoms with Crippen LogP contribution in [0.25, 0.3) is 0 Å². The highest BCUT2D eigenvalue weighted by molar-refractivity contribution is 7.10. The van der Waals surface area contributed by atoms with Crippen molar-refractivity contribution in [3.05, 3.63) is 56.2 Å². The minimum atomic E-state index is -0.939. The Morgan fingerprint density at radius 3 is 2.83 bits per heavy atom. The summed E-state index contributed by atoms with van der Waals surface area (Å²) in [6.07, 6.45) is 0.783. The molecule has 2 aromatic rings. The van der Waals surface area contributed by atoms with E-state index in [1.165, 1.54) is 11.3 Å². The van der Waals surface area contributed by atoms with Crippen LogP contribution < -0.4 is 5.32 Å². The predicted octanol–water partition coefficient (Wildman–Crippen LogP) is 4.12. The first-order chi connectivity index (χ1) is 11.0. The van der Waals surface area contributed by atoms with E-state index in [0.29, 0.717) is 11.6 Å². The number of hydrogen-bond acceptors (Lipinski definition) is 3. The fourth-order valence-electron chi connectivity index (χ4n) is 3.71. The number of carboxylic acids is 1. The van der Waals surface area contributed by atoms with Crippen molar-refractivity contribution in [2.45, 2.75) is 31.6 Å². The molecule has 0 aliphatic carbocycles. The molecule has 1 saturated heterocycles. The molecule has 2 N–H and O–H groups in total. The Morgan fingerprint density at radius 1 is 1.39 bits per heavy atom. The number of carbonyl (C=O) groups is 1. The zero-order valence-electron chi connectivity index (χ0n) is 13.2. The second-order valence-electron chi connectivity index (χ2n) is 6.18. The fraction of sp³-hybridized carbons (Fsp3) is 0.389. The quantitative estimate of drug-likeness (QED) is 0.876. The molecule has 3 rings (SSSR count). The number of hydrogen-bond donors (Lipinski definition) is 2. The van der Waals surface area contributed by atoms with Crippen LogP contribution in [-0.2, 0) is 10.2 Å². The van der Waals surface area contributed by atoms with E-state index < -0.39 is 11.4 Å². The Balaban J connectivity index is 2.22. The van der Waals surface area contributed by atoms with Crippen LogP contribution in [0.3, 0.4) is 0 Å². The molecular weight excluding hydrogens is 330 g/mol. The molecule has 1 fully saturated rings. The summed E-state index contributed by atoms with van der Waals surface area (Å²) < 4.78 is 0. The first-order valence-electron chi connectivity index (χ1n) is 7.72. The molecule has 0 saturated carbocycles. The fourth-order valence-corrected chi connectivity index (χ4v) is 5.07. The van der Waals surface area contributed by atoms with Crippen LogP contribution in [0.2, 0.25) is 5.02 Å². The lowest BCUT2D eigenvalue weighted by molar-refractivity contribution is -0.145. The van der Waals surface area contributed by atoms with Gasteiger partial charge in [0.15, 0.2) is 0 Å². The summed E-state index contributed by atoms with van der Waals surface area (Å²) in [6, 6.07) is 7.81. The maximum absolute atomic E-state index is 12.4. The molecule has 1 aliphatic heterocycles. The van der Waals surface area contributed by atoms with Gasteiger partial charge in [0.05, 0.1) is 0 Å². The van der Waals surface area contributed by atoms with Crippen LogP contribution in [0, 0.1) is 13.8 Å². The first-order valence-corrected chi connectivity index (χ1v) is 8.98. The zero-order chi connectivity index (χ0) is 16.6. The number of aryl methyl sites for hydroxylation is 1. The van der Waals surface area contributed by atoms with Gasteiger partial charge in [-0.2, -0.15) is 0 Å². The molecule has 0 spiro atoms. The van der Waals surface area contributed by atoms with Crippen LogP contribution in [0.4, 0.5) is 0 Å². The summed E-state index contributed by atoms with van der Waals surface area (Å²) in [6.45, 7) is 5.23. The number of piperidine rings is 1. The Kier molecular flexibility index (Phi) is 4.50. The Labute approximate surface area is 145 Å². The average Bonchev–Trinajstić information content (AvgIpc) is 2.96. The lowest BCUT2D eigenvalue weighted by Crippen LogP contribution is -2.53. The second kappa shape index (κ2) is 6.27. The van der Waals surface area contributed by atoms with Gasteiger partial charge >= 0.3 is 5.97 Å². The maximum atomic E-state index is 12.4. The van der Waals surface area contributed by atoms with Crippen molar-refractivity contribution < 1.29 is 9.90 Å². The van der Waals surface area contributed by atoms with E-state index >= 15 is 0 Å². The van der Waals surface area contributed by atoms with Gasteiger partial charge in [-0.15, -0.1) is 11.3 Å². The van der Waals surface area contributed by atoms with Crippen LogP contribution in [0.15, 0.2) is 29.6 Å². The summed E-state index contributed by atoms with van der Waals surface area (Å²) in [5, 5.41) is 16.2. The van der Waals surface area contributed by atoms with E-state index in [9.17, 15) is 9.90 Å². The van der Waals surface area contributed by atoms with Crippen molar-refractivity contribution in [1.29, 1.82) is 0 Å². The lowest BCUT2D eigenvalue weighted by Gasteiger charge is -2.42. The normalized spacial score (nSPS) is 24.6. The molecule has 1 aliphatic rings. The van der Waals surface area contributed by atoms with Crippen molar-refractivity contribution in [2.75, 3.05) is 13.1 Å². The maximum Gasteiger partial charge on any atom is 0.316 e. The number of carboxylic acid groups (broad SMARTS) is 1. The van der Waals surface area contributed by atoms with Crippen molar-refractivity contribution in [1.82, 2.24) is 5.32 Å². The minimum absolute atomic E-state index is 0.0858. The zero-order valence-corrected chi connectivity index (χ0v) is 14.8. The summed E-state index contributed by atoms with van der Waals surface area (Å²) >= 11 is 7.84. The third kappa shape index (κ3) is 2.59. The van der Waals surface area contributed by atoms with E-state index in [2.05, 4.69) is 5.32 Å². The van der Waals surface area contributed by atoms with Gasteiger partial charge in [-0.3, -0.25) is 4.79 Å². The third-order valence-electron chi connectivity index (χ3n) is 4.94. The van der Waals surface area contributed by atoms with Crippen LogP contribution in [0.1, 0.15) is 33.9 Å². The molecular formula is C18H20ClNO2S. The SMILES string of the molecule is Cc1ccsc1[C@@]1(C(=O)O)CNCCC1c1cccc(Cl)c1C. The molecule has 23 heavy (non-hydrogen) atoms. The number of nitrogens with one attached hydrogen (secondary N) is 1. The van der Waals surface area contributed by atoms with Gasteiger partial charge in [0.2, 0.25) is 0 Å². The summed E-state index contributed by atoms with van der Waals surface area (Å²) in [4.78, 5) is 13.4. The van der Waals surface area contributed by atoms with Crippen molar-refractivity contribution in [3.8, 4) is 0 Å². The molecule has 3 nitrogen and oxygen atoms in total. The van der Waals surface area contributed by atoms with Gasteiger partial charge in [-0.05, 0) is 61.0 Å². The molecule has 122 valence electrons. The summed E-state index contributed by atoms with van der Waals surface area (Å²) in [5.74, 6) is -0.850. The third-order valence-corrected chi connectivity index (χ3v) is 6.55. The van der Waals surface area contributed by atoms with E-state index in [4.69, 9.17) is 11.6 Å². The van der Waals surface area contributed by atoms with E-state index in [-0.39, 0.29) is 5.92 Å². The number of thiophene rings is 1. The average molecular weight is 350 g/mol. The molecule has 1 unspecified atom stereocenters. The Morgan fingerprint density at radius 2 is 2.17 bits per heavy atom. The topological polar surface area (TPSA) is 49.3 Å². The van der Waals surface area contributed by atoms with Crippen LogP contribution >= 0.6 is 22.9 Å². The lowest BCUT2D eigenvalue weighted by atomic mass is 9.66. The molecule has 0 radical (unpaired) electrons. The molecule has 1 aromatic heterocycles. The van der Waals surface area contributed by atoms with Crippen LogP contribution in [0.5, 0.6) is 0 Å². The molecule has 5 heteroatoms. The molecule has 1 aromatic carbocycles. The predicted molar refractivity (Wildman–Crippen MR) is 94.8 cm³/mol. The van der Waals surface area contributed by atoms with Crippen molar-refractivity contribution in [2.24, 2.45) is 0 Å². The monoisotopic (exact) mass is 349 g/mol. The van der Waals surface area contributed by atoms with Crippen molar-refractivity contribution in [3.63, 3.8) is 0 Å². The second-order valence-corrected chi connectivity index (χ2v) is 7.50. The van der Waals surface area contributed by atoms with Crippen molar-refractivity contribution >= 4 is 28.9 Å². The Bertz CT molecular complexity index is 742. The molecule has 0 amide bonds. The number of halogens is 1. The van der Waals surface area contributed by atoms with Gasteiger partial charge in [0, 0.05) is 22.4 Å². The first kappa shape index (κ1) is 16.5. The number of aliphatic carboxylic acids is 1. The largest absolute Gasteiger partial charge is 0.481 e. The molecule has 2 atom stereocenters. The number of benzene rings is 1. The van der Waals surface area contributed by atoms with E-state index in [1.54, 1.807) is 0 Å². The molecule has 2 heterocycles. The van der Waals surface area contributed by atoms with Gasteiger partial charge in [0.1, 0.15) is 5.41 Å². The smallest absolute Gasteiger partial charge is 0.316 e. The van der Waals surface area contributed by atoms with Gasteiger partial charge in [-0.1, -0.05) is 23.7 Å². The summed E-state index contributed by atoms with van der Waals surface area (Å²) in [5.41, 5.74) is 2.15. The van der Waals surface area contributed by atoms with E-state index in [1.807, 2.05) is 43.5 Å². The van der Waals surface area contributed by atoms with Gasteiger partial charge < -0.3 is 10.4 Å². The highest BCUT2D eigenvalue weighted by Gasteiger charge is 2.51. The summed E-state index contributed by atoms with van der Waals surface area (Å²) in [7, 11) is 0. The minimum Gasteiger partial charge on any atom is -0.481 e. The highest BCUT2D eigenvalue weighted by atomic mass is 35.5. The number of rotatable bonds is 3. The Hall–Kier alpha value is -1.36. The van der Waals surface area contributed by atoms with Crippen LogP contribution in [-0.4, -0.2) is 24.2 Å². The van der Waals surface area contributed by atoms with E-state index in [0.717, 1.165) is 34.5 Å². The van der Waals surface area contributed by atoms with Gasteiger partial charge in [0.25, 0.3) is 0 Å². The highest BCUT2D eigenvalue weighted by Crippen LogP contribution is 2.47. The molecule has 0 bridgehead atoms.